The van der Waals surface area contributed by atoms with E-state index in [-0.39, 0.29) is 0 Å². The zero-order chi connectivity index (χ0) is 18.2. The number of hydrogen-bond donors (Lipinski definition) is 0. The Kier molecular flexibility index (Phi) is 3.48. The first-order chi connectivity index (χ1) is 13.3. The number of pyridine rings is 1. The summed E-state index contributed by atoms with van der Waals surface area (Å²) in [4.78, 5) is 4.05. The van der Waals surface area contributed by atoms with E-state index in [2.05, 4.69) is 41.4 Å². The van der Waals surface area contributed by atoms with E-state index in [1.165, 1.54) is 5.56 Å². The van der Waals surface area contributed by atoms with Crippen molar-refractivity contribution >= 4 is 21.9 Å². The zero-order valence-corrected chi connectivity index (χ0v) is 14.4. The number of rotatable bonds is 2. The molecule has 0 bridgehead atoms. The first-order valence-corrected chi connectivity index (χ1v) is 8.70. The topological polar surface area (TPSA) is 49.8 Å². The van der Waals surface area contributed by atoms with Crippen molar-refractivity contribution in [2.24, 2.45) is 0 Å². The molecule has 2 aromatic heterocycles. The second kappa shape index (κ2) is 6.12. The van der Waals surface area contributed by atoms with E-state index in [9.17, 15) is 0 Å². The molecule has 0 N–H and O–H groups in total. The third kappa shape index (κ3) is 2.65. The number of benzene rings is 3. The quantitative estimate of drug-likeness (QED) is 0.383. The van der Waals surface area contributed by atoms with Crippen LogP contribution in [0.2, 0.25) is 0 Å². The average molecular weight is 346 g/mol. The van der Waals surface area contributed by atoms with Gasteiger partial charge in [0.15, 0.2) is 0 Å². The van der Waals surface area contributed by atoms with Crippen molar-refractivity contribution in [1.82, 2.24) is 4.98 Å². The molecule has 3 aromatic carbocycles. The number of fused-ring (bicyclic) bond motifs is 3. The lowest BCUT2D eigenvalue weighted by molar-refractivity contribution is 0.669. The fourth-order valence-corrected chi connectivity index (χ4v) is 3.44. The minimum atomic E-state index is 0.413. The Labute approximate surface area is 156 Å². The van der Waals surface area contributed by atoms with Crippen LogP contribution >= 0.6 is 0 Å². The lowest BCUT2D eigenvalue weighted by Gasteiger charge is -2.03. The molecule has 27 heavy (non-hydrogen) atoms. The van der Waals surface area contributed by atoms with Crippen molar-refractivity contribution in [3.8, 4) is 28.3 Å². The van der Waals surface area contributed by atoms with Crippen LogP contribution in [0.25, 0.3) is 44.2 Å². The van der Waals surface area contributed by atoms with Crippen LogP contribution < -0.4 is 0 Å². The molecule has 0 aliphatic rings. The van der Waals surface area contributed by atoms with Gasteiger partial charge in [-0.3, -0.25) is 0 Å². The van der Waals surface area contributed by atoms with Crippen molar-refractivity contribution in [3.63, 3.8) is 0 Å². The van der Waals surface area contributed by atoms with Crippen LogP contribution in [-0.2, 0) is 0 Å². The predicted octanol–water partition coefficient (Wildman–Crippen LogP) is 6.19. The molecule has 0 atom stereocenters. The normalized spacial score (nSPS) is 10.9. The van der Waals surface area contributed by atoms with E-state index in [4.69, 9.17) is 9.68 Å². The number of hydrogen-bond acceptors (Lipinski definition) is 3. The summed E-state index contributed by atoms with van der Waals surface area (Å²) in [6.45, 7) is 0. The molecule has 0 unspecified atom stereocenters. The Hall–Kier alpha value is -3.90. The standard InChI is InChI=1S/C24H14N2O/c25-15-20-12-19(10-11-26-20)18-7-9-24-22(14-18)21-13-17(6-8-23(21)27-24)16-4-2-1-3-5-16/h1-14H. The van der Waals surface area contributed by atoms with Crippen LogP contribution in [0.3, 0.4) is 0 Å². The molecule has 0 aliphatic heterocycles. The molecule has 0 saturated carbocycles. The average Bonchev–Trinajstić information content (AvgIpc) is 3.11. The molecule has 0 amide bonds. The molecule has 0 saturated heterocycles. The Morgan fingerprint density at radius 3 is 1.96 bits per heavy atom. The molecule has 5 rings (SSSR count). The highest BCUT2D eigenvalue weighted by atomic mass is 16.3. The van der Waals surface area contributed by atoms with Crippen molar-refractivity contribution in [2.75, 3.05) is 0 Å². The summed E-state index contributed by atoms with van der Waals surface area (Å²) in [7, 11) is 0. The second-order valence-electron chi connectivity index (χ2n) is 6.43. The first-order valence-electron chi connectivity index (χ1n) is 8.70. The molecule has 3 heteroatoms. The smallest absolute Gasteiger partial charge is 0.141 e. The van der Waals surface area contributed by atoms with Gasteiger partial charge in [-0.15, -0.1) is 0 Å². The zero-order valence-electron chi connectivity index (χ0n) is 14.4. The number of furan rings is 1. The summed E-state index contributed by atoms with van der Waals surface area (Å²) in [5, 5.41) is 11.3. The summed E-state index contributed by atoms with van der Waals surface area (Å²) < 4.78 is 6.01. The van der Waals surface area contributed by atoms with Crippen molar-refractivity contribution < 1.29 is 4.42 Å². The van der Waals surface area contributed by atoms with E-state index >= 15 is 0 Å². The second-order valence-corrected chi connectivity index (χ2v) is 6.43. The number of nitriles is 1. The monoisotopic (exact) mass is 346 g/mol. The predicted molar refractivity (Wildman–Crippen MR) is 107 cm³/mol. The molecule has 126 valence electrons. The molecular weight excluding hydrogens is 332 g/mol. The minimum absolute atomic E-state index is 0.413. The van der Waals surface area contributed by atoms with Crippen LogP contribution in [0.4, 0.5) is 0 Å². The molecule has 0 fully saturated rings. The third-order valence-electron chi connectivity index (χ3n) is 4.78. The summed E-state index contributed by atoms with van der Waals surface area (Å²) in [6, 6.07) is 28.5. The van der Waals surface area contributed by atoms with Crippen LogP contribution in [0, 0.1) is 11.3 Å². The van der Waals surface area contributed by atoms with E-state index in [1.54, 1.807) is 12.3 Å². The summed E-state index contributed by atoms with van der Waals surface area (Å²) >= 11 is 0. The third-order valence-corrected chi connectivity index (χ3v) is 4.78. The fraction of sp³-hybridized carbons (Fsp3) is 0. The summed E-state index contributed by atoms with van der Waals surface area (Å²) in [5.74, 6) is 0. The van der Waals surface area contributed by atoms with Gasteiger partial charge in [0, 0.05) is 17.0 Å². The van der Waals surface area contributed by atoms with Crippen molar-refractivity contribution in [2.45, 2.75) is 0 Å². The SMILES string of the molecule is N#Cc1cc(-c2ccc3oc4ccc(-c5ccccc5)cc4c3c2)ccn1. The Morgan fingerprint density at radius 1 is 0.667 bits per heavy atom. The molecule has 5 aromatic rings. The Balaban J connectivity index is 1.71. The van der Waals surface area contributed by atoms with Crippen LogP contribution in [0.5, 0.6) is 0 Å². The Bertz CT molecular complexity index is 1330. The highest BCUT2D eigenvalue weighted by Gasteiger charge is 2.10. The first kappa shape index (κ1) is 15.4. The number of nitrogens with zero attached hydrogens (tertiary/aromatic N) is 2. The van der Waals surface area contributed by atoms with E-state index < -0.39 is 0 Å². The maximum atomic E-state index is 9.10. The van der Waals surface area contributed by atoms with Gasteiger partial charge in [-0.2, -0.15) is 5.26 Å². The van der Waals surface area contributed by atoms with Gasteiger partial charge in [0.1, 0.15) is 22.9 Å². The molecular formula is C24H14N2O. The van der Waals surface area contributed by atoms with Crippen LogP contribution in [0.15, 0.2) is 89.5 Å². The minimum Gasteiger partial charge on any atom is -0.456 e. The van der Waals surface area contributed by atoms with E-state index in [0.29, 0.717) is 5.69 Å². The highest BCUT2D eigenvalue weighted by Crippen LogP contribution is 2.34. The number of aromatic nitrogens is 1. The van der Waals surface area contributed by atoms with Gasteiger partial charge in [0.2, 0.25) is 0 Å². The molecule has 2 heterocycles. The van der Waals surface area contributed by atoms with Crippen LogP contribution in [-0.4, -0.2) is 4.98 Å². The van der Waals surface area contributed by atoms with Crippen molar-refractivity contribution in [1.29, 1.82) is 5.26 Å². The maximum Gasteiger partial charge on any atom is 0.141 e. The lowest BCUT2D eigenvalue weighted by atomic mass is 10.0. The van der Waals surface area contributed by atoms with E-state index in [1.807, 2.05) is 42.5 Å². The van der Waals surface area contributed by atoms with Gasteiger partial charge >= 0.3 is 0 Å². The maximum absolute atomic E-state index is 9.10. The van der Waals surface area contributed by atoms with Gasteiger partial charge in [-0.25, -0.2) is 4.98 Å². The highest BCUT2D eigenvalue weighted by molar-refractivity contribution is 6.07. The fourth-order valence-electron chi connectivity index (χ4n) is 3.44. The largest absolute Gasteiger partial charge is 0.456 e. The molecule has 3 nitrogen and oxygen atoms in total. The summed E-state index contributed by atoms with van der Waals surface area (Å²) in [5.41, 5.74) is 6.48. The lowest BCUT2D eigenvalue weighted by Crippen LogP contribution is -1.84. The van der Waals surface area contributed by atoms with Crippen LogP contribution in [0.1, 0.15) is 5.69 Å². The molecule has 0 radical (unpaired) electrons. The van der Waals surface area contributed by atoms with Gasteiger partial charge < -0.3 is 4.42 Å². The Morgan fingerprint density at radius 2 is 1.30 bits per heavy atom. The van der Waals surface area contributed by atoms with E-state index in [0.717, 1.165) is 38.6 Å². The van der Waals surface area contributed by atoms with Gasteiger partial charge in [0.05, 0.1) is 0 Å². The summed E-state index contributed by atoms with van der Waals surface area (Å²) in [6.07, 6.45) is 1.67. The van der Waals surface area contributed by atoms with Gasteiger partial charge in [-0.1, -0.05) is 42.5 Å². The molecule has 0 spiro atoms. The van der Waals surface area contributed by atoms with Gasteiger partial charge in [0.25, 0.3) is 0 Å². The van der Waals surface area contributed by atoms with Gasteiger partial charge in [-0.05, 0) is 58.7 Å². The molecule has 0 aliphatic carbocycles. The van der Waals surface area contributed by atoms with Crippen molar-refractivity contribution in [3.05, 3.63) is 90.8 Å².